The van der Waals surface area contributed by atoms with Crippen LogP contribution < -0.4 is 0 Å². The topological polar surface area (TPSA) is 91.9 Å². The Balaban J connectivity index is 3.07. The first-order chi connectivity index (χ1) is 7.19. The van der Waals surface area contributed by atoms with Gasteiger partial charge >= 0.3 is 0 Å². The Kier molecular flexibility index (Phi) is 3.65. The molecule has 0 aliphatic heterocycles. The molecule has 0 unspecified atom stereocenters. The van der Waals surface area contributed by atoms with Crippen LogP contribution in [0.4, 0.5) is 5.69 Å². The van der Waals surface area contributed by atoms with E-state index in [4.69, 9.17) is 5.53 Å². The lowest BCUT2D eigenvalue weighted by Crippen LogP contribution is -1.94. The van der Waals surface area contributed by atoms with Gasteiger partial charge in [-0.25, -0.2) is 0 Å². The van der Waals surface area contributed by atoms with Crippen LogP contribution in [0.3, 0.4) is 0 Å². The van der Waals surface area contributed by atoms with Gasteiger partial charge in [0.25, 0.3) is 5.69 Å². The Hall–Kier alpha value is -2.07. The first-order valence-corrected chi connectivity index (χ1v) is 4.47. The van der Waals surface area contributed by atoms with Crippen LogP contribution in [-0.2, 0) is 0 Å². The Labute approximate surface area is 86.3 Å². The molecule has 0 aliphatic carbocycles. The summed E-state index contributed by atoms with van der Waals surface area (Å²) < 4.78 is 0. The van der Waals surface area contributed by atoms with Crippen LogP contribution in [-0.4, -0.2) is 4.92 Å². The summed E-state index contributed by atoms with van der Waals surface area (Å²) in [5, 5.41) is 14.1. The standard InChI is InChI=1S/C9H10N4O2/c1-2-9(11-12-10)7-4-3-5-8(6-7)13(14)15/h3-6,9H,2H2,1H3/t9-/m1/s1. The fourth-order valence-electron chi connectivity index (χ4n) is 1.29. The van der Waals surface area contributed by atoms with Gasteiger partial charge in [-0.15, -0.1) is 0 Å². The zero-order valence-corrected chi connectivity index (χ0v) is 8.20. The monoisotopic (exact) mass is 206 g/mol. The summed E-state index contributed by atoms with van der Waals surface area (Å²) in [5.41, 5.74) is 9.02. The number of benzene rings is 1. The van der Waals surface area contributed by atoms with E-state index in [1.807, 2.05) is 6.92 Å². The second-order valence-electron chi connectivity index (χ2n) is 2.98. The largest absolute Gasteiger partial charge is 0.269 e. The van der Waals surface area contributed by atoms with Gasteiger partial charge < -0.3 is 0 Å². The molecule has 0 saturated heterocycles. The van der Waals surface area contributed by atoms with Gasteiger partial charge in [-0.05, 0) is 17.5 Å². The molecule has 0 heterocycles. The molecule has 1 aromatic carbocycles. The molecule has 1 rings (SSSR count). The second-order valence-corrected chi connectivity index (χ2v) is 2.98. The van der Waals surface area contributed by atoms with Crippen molar-refractivity contribution in [3.63, 3.8) is 0 Å². The lowest BCUT2D eigenvalue weighted by Gasteiger charge is -2.07. The van der Waals surface area contributed by atoms with Crippen molar-refractivity contribution in [2.24, 2.45) is 5.11 Å². The smallest absolute Gasteiger partial charge is 0.258 e. The summed E-state index contributed by atoms with van der Waals surface area (Å²) in [5.74, 6) is 0. The van der Waals surface area contributed by atoms with Gasteiger partial charge in [0.2, 0.25) is 0 Å². The normalized spacial score (nSPS) is 11.5. The number of rotatable bonds is 4. The highest BCUT2D eigenvalue weighted by Crippen LogP contribution is 2.24. The van der Waals surface area contributed by atoms with E-state index in [0.717, 1.165) is 0 Å². The molecule has 0 spiro atoms. The maximum atomic E-state index is 10.5. The highest BCUT2D eigenvalue weighted by atomic mass is 16.6. The molecule has 0 bridgehead atoms. The number of hydrogen-bond donors (Lipinski definition) is 0. The van der Waals surface area contributed by atoms with Crippen molar-refractivity contribution in [2.45, 2.75) is 19.4 Å². The fraction of sp³-hybridized carbons (Fsp3) is 0.333. The maximum absolute atomic E-state index is 10.5. The zero-order chi connectivity index (χ0) is 11.3. The number of hydrogen-bond acceptors (Lipinski definition) is 3. The van der Waals surface area contributed by atoms with E-state index < -0.39 is 4.92 Å². The molecule has 1 aromatic rings. The highest BCUT2D eigenvalue weighted by molar-refractivity contribution is 5.35. The molecule has 0 N–H and O–H groups in total. The summed E-state index contributed by atoms with van der Waals surface area (Å²) in [6.45, 7) is 1.86. The van der Waals surface area contributed by atoms with Crippen LogP contribution >= 0.6 is 0 Å². The van der Waals surface area contributed by atoms with Gasteiger partial charge in [0.05, 0.1) is 11.0 Å². The number of non-ortho nitro benzene ring substituents is 1. The van der Waals surface area contributed by atoms with Gasteiger partial charge in [0.1, 0.15) is 0 Å². The lowest BCUT2D eigenvalue weighted by molar-refractivity contribution is -0.384. The molecule has 0 amide bonds. The molecule has 0 aromatic heterocycles. The molecule has 0 fully saturated rings. The fourth-order valence-corrected chi connectivity index (χ4v) is 1.29. The van der Waals surface area contributed by atoms with E-state index in [0.29, 0.717) is 12.0 Å². The zero-order valence-electron chi connectivity index (χ0n) is 8.20. The van der Waals surface area contributed by atoms with E-state index in [1.54, 1.807) is 12.1 Å². The van der Waals surface area contributed by atoms with E-state index in [1.165, 1.54) is 12.1 Å². The minimum atomic E-state index is -0.466. The van der Waals surface area contributed by atoms with Crippen LogP contribution in [0.2, 0.25) is 0 Å². The van der Waals surface area contributed by atoms with Crippen LogP contribution in [0.15, 0.2) is 29.4 Å². The Morgan fingerprint density at radius 2 is 2.40 bits per heavy atom. The summed E-state index contributed by atoms with van der Waals surface area (Å²) in [4.78, 5) is 12.8. The minimum Gasteiger partial charge on any atom is -0.258 e. The third-order valence-corrected chi connectivity index (χ3v) is 2.04. The van der Waals surface area contributed by atoms with Crippen molar-refractivity contribution in [1.82, 2.24) is 0 Å². The Morgan fingerprint density at radius 1 is 1.67 bits per heavy atom. The molecular formula is C9H10N4O2. The van der Waals surface area contributed by atoms with E-state index in [9.17, 15) is 10.1 Å². The molecule has 1 atom stereocenters. The second kappa shape index (κ2) is 4.97. The molecular weight excluding hydrogens is 196 g/mol. The summed E-state index contributed by atoms with van der Waals surface area (Å²) in [6.07, 6.45) is 0.616. The summed E-state index contributed by atoms with van der Waals surface area (Å²) in [7, 11) is 0. The van der Waals surface area contributed by atoms with Gasteiger partial charge in [-0.1, -0.05) is 24.2 Å². The SMILES string of the molecule is CC[C@@H](N=[N+]=[N-])c1cccc([N+](=O)[O-])c1. The van der Waals surface area contributed by atoms with Gasteiger partial charge in [-0.2, -0.15) is 0 Å². The maximum Gasteiger partial charge on any atom is 0.269 e. The van der Waals surface area contributed by atoms with Gasteiger partial charge in [0.15, 0.2) is 0 Å². The van der Waals surface area contributed by atoms with Crippen molar-refractivity contribution in [3.05, 3.63) is 50.4 Å². The van der Waals surface area contributed by atoms with E-state index in [2.05, 4.69) is 10.0 Å². The van der Waals surface area contributed by atoms with Crippen molar-refractivity contribution in [3.8, 4) is 0 Å². The molecule has 0 radical (unpaired) electrons. The third kappa shape index (κ3) is 2.69. The molecule has 0 aliphatic rings. The highest BCUT2D eigenvalue weighted by Gasteiger charge is 2.11. The number of nitrogens with zero attached hydrogens (tertiary/aromatic N) is 4. The van der Waals surface area contributed by atoms with Crippen LogP contribution in [0.25, 0.3) is 10.4 Å². The molecule has 6 nitrogen and oxygen atoms in total. The first kappa shape index (κ1) is 11.0. The van der Waals surface area contributed by atoms with E-state index in [-0.39, 0.29) is 11.7 Å². The minimum absolute atomic E-state index is 0.0130. The predicted molar refractivity (Wildman–Crippen MR) is 55.3 cm³/mol. The average Bonchev–Trinajstić information content (AvgIpc) is 2.26. The summed E-state index contributed by atoms with van der Waals surface area (Å²) >= 11 is 0. The third-order valence-electron chi connectivity index (χ3n) is 2.04. The number of azide groups is 1. The van der Waals surface area contributed by atoms with E-state index >= 15 is 0 Å². The van der Waals surface area contributed by atoms with Crippen molar-refractivity contribution in [2.75, 3.05) is 0 Å². The number of nitro groups is 1. The molecule has 6 heteroatoms. The number of nitro benzene ring substituents is 1. The quantitative estimate of drug-likeness (QED) is 0.248. The molecule has 78 valence electrons. The molecule has 0 saturated carbocycles. The van der Waals surface area contributed by atoms with Gasteiger partial charge in [0, 0.05) is 17.0 Å². The van der Waals surface area contributed by atoms with Crippen molar-refractivity contribution >= 4 is 5.69 Å². The summed E-state index contributed by atoms with van der Waals surface area (Å²) in [6, 6.07) is 5.81. The lowest BCUT2D eigenvalue weighted by atomic mass is 10.1. The van der Waals surface area contributed by atoms with Crippen LogP contribution in [0.5, 0.6) is 0 Å². The first-order valence-electron chi connectivity index (χ1n) is 4.47. The Bertz CT molecular complexity index is 412. The average molecular weight is 206 g/mol. The van der Waals surface area contributed by atoms with Crippen molar-refractivity contribution < 1.29 is 4.92 Å². The molecule has 15 heavy (non-hydrogen) atoms. The van der Waals surface area contributed by atoms with Crippen LogP contribution in [0.1, 0.15) is 24.9 Å². The van der Waals surface area contributed by atoms with Crippen LogP contribution in [0, 0.1) is 10.1 Å². The van der Waals surface area contributed by atoms with Crippen molar-refractivity contribution in [1.29, 1.82) is 0 Å². The Morgan fingerprint density at radius 3 is 2.93 bits per heavy atom. The van der Waals surface area contributed by atoms with Gasteiger partial charge in [-0.3, -0.25) is 10.1 Å². The predicted octanol–water partition coefficient (Wildman–Crippen LogP) is 3.36.